The number of carbonyl (C=O) groups is 1. The summed E-state index contributed by atoms with van der Waals surface area (Å²) in [5, 5.41) is 3.87. The van der Waals surface area contributed by atoms with Crippen molar-refractivity contribution in [3.8, 4) is 0 Å². The molecule has 1 heterocycles. The molecule has 0 unspecified atom stereocenters. The number of hydrogen-bond donors (Lipinski definition) is 1. The van der Waals surface area contributed by atoms with Crippen LogP contribution in [-0.2, 0) is 0 Å². The standard InChI is InChI=1S/C14H13N3O/c1-11-6-5-9-13(16-11)10-15-17-14(18)12-7-3-2-4-8-12/h2-10H,1H3,(H,17,18)/b15-10+. The van der Waals surface area contributed by atoms with E-state index in [1.165, 1.54) is 6.21 Å². The van der Waals surface area contributed by atoms with Crippen LogP contribution in [-0.4, -0.2) is 17.1 Å². The van der Waals surface area contributed by atoms with Gasteiger partial charge in [-0.1, -0.05) is 24.3 Å². The van der Waals surface area contributed by atoms with Gasteiger partial charge in [0.1, 0.15) is 0 Å². The number of nitrogens with one attached hydrogen (secondary N) is 1. The summed E-state index contributed by atoms with van der Waals surface area (Å²) in [7, 11) is 0. The minimum atomic E-state index is -0.237. The zero-order valence-corrected chi connectivity index (χ0v) is 10.00. The number of aryl methyl sites for hydroxylation is 1. The highest BCUT2D eigenvalue weighted by atomic mass is 16.2. The molecule has 1 aromatic heterocycles. The molecular formula is C14H13N3O. The minimum Gasteiger partial charge on any atom is -0.267 e. The Kier molecular flexibility index (Phi) is 3.81. The smallest absolute Gasteiger partial charge is 0.267 e. The molecule has 1 amide bonds. The molecule has 2 rings (SSSR count). The van der Waals surface area contributed by atoms with Gasteiger partial charge < -0.3 is 0 Å². The number of hydrazone groups is 1. The van der Waals surface area contributed by atoms with Gasteiger partial charge >= 0.3 is 0 Å². The molecule has 0 aliphatic rings. The summed E-state index contributed by atoms with van der Waals surface area (Å²) in [6, 6.07) is 14.6. The molecule has 2 aromatic rings. The van der Waals surface area contributed by atoms with Crippen molar-refractivity contribution in [3.05, 3.63) is 65.5 Å². The third kappa shape index (κ3) is 3.25. The molecular weight excluding hydrogens is 226 g/mol. The number of rotatable bonds is 3. The van der Waals surface area contributed by atoms with Gasteiger partial charge in [-0.05, 0) is 31.2 Å². The van der Waals surface area contributed by atoms with Crippen molar-refractivity contribution in [1.82, 2.24) is 10.4 Å². The maximum Gasteiger partial charge on any atom is 0.271 e. The van der Waals surface area contributed by atoms with Crippen molar-refractivity contribution >= 4 is 12.1 Å². The Morgan fingerprint density at radius 2 is 1.94 bits per heavy atom. The first kappa shape index (κ1) is 12.0. The van der Waals surface area contributed by atoms with Crippen LogP contribution in [0.2, 0.25) is 0 Å². The molecule has 0 saturated carbocycles. The lowest BCUT2D eigenvalue weighted by molar-refractivity contribution is 0.0955. The summed E-state index contributed by atoms with van der Waals surface area (Å²) in [4.78, 5) is 15.9. The van der Waals surface area contributed by atoms with E-state index < -0.39 is 0 Å². The Labute approximate surface area is 105 Å². The van der Waals surface area contributed by atoms with Gasteiger partial charge in [0.05, 0.1) is 11.9 Å². The van der Waals surface area contributed by atoms with E-state index in [0.717, 1.165) is 5.69 Å². The Bertz CT molecular complexity index is 564. The molecule has 0 bridgehead atoms. The van der Waals surface area contributed by atoms with Crippen molar-refractivity contribution in [2.75, 3.05) is 0 Å². The second-order valence-corrected chi connectivity index (χ2v) is 3.77. The molecule has 0 aliphatic heterocycles. The molecule has 0 atom stereocenters. The third-order valence-corrected chi connectivity index (χ3v) is 2.31. The molecule has 0 spiro atoms. The predicted molar refractivity (Wildman–Crippen MR) is 70.5 cm³/mol. The number of nitrogens with zero attached hydrogens (tertiary/aromatic N) is 2. The Morgan fingerprint density at radius 1 is 1.17 bits per heavy atom. The first-order chi connectivity index (χ1) is 8.75. The van der Waals surface area contributed by atoms with Gasteiger partial charge in [0, 0.05) is 11.3 Å². The largest absolute Gasteiger partial charge is 0.271 e. The first-order valence-corrected chi connectivity index (χ1v) is 5.58. The van der Waals surface area contributed by atoms with Crippen LogP contribution in [0.4, 0.5) is 0 Å². The maximum absolute atomic E-state index is 11.7. The van der Waals surface area contributed by atoms with Crippen LogP contribution < -0.4 is 5.43 Å². The highest BCUT2D eigenvalue weighted by Gasteiger charge is 2.01. The fraction of sp³-hybridized carbons (Fsp3) is 0.0714. The average Bonchev–Trinajstić information content (AvgIpc) is 2.40. The summed E-state index contributed by atoms with van der Waals surface area (Å²) in [6.45, 7) is 1.90. The molecule has 0 aliphatic carbocycles. The molecule has 0 fully saturated rings. The fourth-order valence-corrected chi connectivity index (χ4v) is 1.45. The summed E-state index contributed by atoms with van der Waals surface area (Å²) in [5.41, 5.74) is 4.66. The van der Waals surface area contributed by atoms with Crippen LogP contribution >= 0.6 is 0 Å². The van der Waals surface area contributed by atoms with E-state index in [4.69, 9.17) is 0 Å². The van der Waals surface area contributed by atoms with Crippen LogP contribution in [0.1, 0.15) is 21.7 Å². The predicted octanol–water partition coefficient (Wildman–Crippen LogP) is 2.15. The van der Waals surface area contributed by atoms with Crippen LogP contribution in [0.15, 0.2) is 53.6 Å². The highest BCUT2D eigenvalue weighted by Crippen LogP contribution is 1.98. The summed E-state index contributed by atoms with van der Waals surface area (Å²) in [5.74, 6) is -0.237. The van der Waals surface area contributed by atoms with Crippen LogP contribution in [0.25, 0.3) is 0 Å². The van der Waals surface area contributed by atoms with Gasteiger partial charge in [-0.15, -0.1) is 0 Å². The van der Waals surface area contributed by atoms with Crippen molar-refractivity contribution in [2.45, 2.75) is 6.92 Å². The van der Waals surface area contributed by atoms with Gasteiger partial charge in [-0.2, -0.15) is 5.10 Å². The fourth-order valence-electron chi connectivity index (χ4n) is 1.45. The van der Waals surface area contributed by atoms with E-state index in [1.54, 1.807) is 24.3 Å². The average molecular weight is 239 g/mol. The Balaban J connectivity index is 1.98. The van der Waals surface area contributed by atoms with E-state index >= 15 is 0 Å². The second-order valence-electron chi connectivity index (χ2n) is 3.77. The van der Waals surface area contributed by atoms with Gasteiger partial charge in [0.2, 0.25) is 0 Å². The van der Waals surface area contributed by atoms with Crippen molar-refractivity contribution in [3.63, 3.8) is 0 Å². The number of pyridine rings is 1. The molecule has 0 radical (unpaired) electrons. The molecule has 4 nitrogen and oxygen atoms in total. The number of benzene rings is 1. The highest BCUT2D eigenvalue weighted by molar-refractivity contribution is 5.94. The molecule has 90 valence electrons. The van der Waals surface area contributed by atoms with Crippen LogP contribution in [0.5, 0.6) is 0 Å². The Morgan fingerprint density at radius 3 is 2.67 bits per heavy atom. The topological polar surface area (TPSA) is 54.4 Å². The van der Waals surface area contributed by atoms with E-state index in [0.29, 0.717) is 11.3 Å². The van der Waals surface area contributed by atoms with Gasteiger partial charge in [0.25, 0.3) is 5.91 Å². The summed E-state index contributed by atoms with van der Waals surface area (Å²) in [6.07, 6.45) is 1.52. The van der Waals surface area contributed by atoms with E-state index in [1.807, 2.05) is 31.2 Å². The molecule has 4 heteroatoms. The van der Waals surface area contributed by atoms with E-state index in [2.05, 4.69) is 15.5 Å². The molecule has 0 saturated heterocycles. The molecule has 1 N–H and O–H groups in total. The second kappa shape index (κ2) is 5.72. The number of aromatic nitrogens is 1. The zero-order chi connectivity index (χ0) is 12.8. The van der Waals surface area contributed by atoms with Crippen LogP contribution in [0, 0.1) is 6.92 Å². The monoisotopic (exact) mass is 239 g/mol. The lowest BCUT2D eigenvalue weighted by Gasteiger charge is -1.98. The number of carbonyl (C=O) groups excluding carboxylic acids is 1. The number of amides is 1. The van der Waals surface area contributed by atoms with Crippen molar-refractivity contribution in [2.24, 2.45) is 5.10 Å². The van der Waals surface area contributed by atoms with E-state index in [-0.39, 0.29) is 5.91 Å². The summed E-state index contributed by atoms with van der Waals surface area (Å²) < 4.78 is 0. The number of hydrogen-bond acceptors (Lipinski definition) is 3. The van der Waals surface area contributed by atoms with Crippen molar-refractivity contribution in [1.29, 1.82) is 0 Å². The quantitative estimate of drug-likeness (QED) is 0.659. The van der Waals surface area contributed by atoms with Gasteiger partial charge in [0.15, 0.2) is 0 Å². The third-order valence-electron chi connectivity index (χ3n) is 2.31. The summed E-state index contributed by atoms with van der Waals surface area (Å²) >= 11 is 0. The van der Waals surface area contributed by atoms with E-state index in [9.17, 15) is 4.79 Å². The minimum absolute atomic E-state index is 0.237. The maximum atomic E-state index is 11.7. The first-order valence-electron chi connectivity index (χ1n) is 5.58. The molecule has 18 heavy (non-hydrogen) atoms. The van der Waals surface area contributed by atoms with Crippen LogP contribution in [0.3, 0.4) is 0 Å². The lowest BCUT2D eigenvalue weighted by atomic mass is 10.2. The molecule has 1 aromatic carbocycles. The normalized spacial score (nSPS) is 10.5. The Hall–Kier alpha value is -2.49. The van der Waals surface area contributed by atoms with Gasteiger partial charge in [-0.3, -0.25) is 9.78 Å². The lowest BCUT2D eigenvalue weighted by Crippen LogP contribution is -2.17. The van der Waals surface area contributed by atoms with Gasteiger partial charge in [-0.25, -0.2) is 5.43 Å². The zero-order valence-electron chi connectivity index (χ0n) is 10.00. The van der Waals surface area contributed by atoms with Crippen molar-refractivity contribution < 1.29 is 4.79 Å². The SMILES string of the molecule is Cc1cccc(/C=N/NC(=O)c2ccccc2)n1.